The van der Waals surface area contributed by atoms with Crippen LogP contribution in [0.2, 0.25) is 10.0 Å². The molecule has 0 aliphatic rings. The number of rotatable bonds is 9. The lowest BCUT2D eigenvalue weighted by Gasteiger charge is -2.12. The molecule has 1 amide bonds. The van der Waals surface area contributed by atoms with E-state index in [1.54, 1.807) is 6.21 Å². The van der Waals surface area contributed by atoms with Gasteiger partial charge in [0.25, 0.3) is 5.91 Å². The first-order chi connectivity index (χ1) is 17.0. The molecular weight excluding hydrogens is 485 g/mol. The van der Waals surface area contributed by atoms with Crippen molar-refractivity contribution in [3.63, 3.8) is 0 Å². The van der Waals surface area contributed by atoms with Crippen molar-refractivity contribution in [2.75, 3.05) is 13.2 Å². The molecule has 6 nitrogen and oxygen atoms in total. The minimum atomic E-state index is -0.432. The number of halogens is 2. The van der Waals surface area contributed by atoms with E-state index in [2.05, 4.69) is 15.8 Å². The largest absolute Gasteiger partial charge is 0.506 e. The van der Waals surface area contributed by atoms with Crippen LogP contribution >= 0.6 is 23.2 Å². The van der Waals surface area contributed by atoms with Crippen LogP contribution in [-0.4, -0.2) is 30.4 Å². The topological polar surface area (TPSA) is 83.0 Å². The Kier molecular flexibility index (Phi) is 8.21. The van der Waals surface area contributed by atoms with Gasteiger partial charge in [-0.1, -0.05) is 59.6 Å². The molecule has 35 heavy (non-hydrogen) atoms. The fraction of sp³-hybridized carbons (Fsp3) is 0.111. The van der Waals surface area contributed by atoms with Gasteiger partial charge in [-0.2, -0.15) is 5.10 Å². The van der Waals surface area contributed by atoms with Gasteiger partial charge in [0.2, 0.25) is 0 Å². The fourth-order valence-electron chi connectivity index (χ4n) is 3.47. The van der Waals surface area contributed by atoms with E-state index in [4.69, 9.17) is 27.9 Å². The quantitative estimate of drug-likeness (QED) is 0.140. The molecule has 0 atom stereocenters. The Morgan fingerprint density at radius 3 is 2.54 bits per heavy atom. The SMILES string of the molecule is O=C(N/N=C/c1ccc(OCCNCc2ccc(Cl)cc2)c2ccccc12)c1ccc(O)c(Cl)c1.[HH].[HH]. The monoisotopic (exact) mass is 511 g/mol. The van der Waals surface area contributed by atoms with Gasteiger partial charge in [-0.3, -0.25) is 4.79 Å². The second-order valence-electron chi connectivity index (χ2n) is 7.72. The molecule has 0 bridgehead atoms. The molecule has 0 spiro atoms. The number of phenolic OH excluding ortho intramolecular Hbond substituents is 1. The van der Waals surface area contributed by atoms with Gasteiger partial charge in [0.05, 0.1) is 11.2 Å². The number of hydrazone groups is 1. The van der Waals surface area contributed by atoms with E-state index in [-0.39, 0.29) is 13.6 Å². The van der Waals surface area contributed by atoms with Crippen LogP contribution in [0, 0.1) is 0 Å². The van der Waals surface area contributed by atoms with Crippen molar-refractivity contribution in [1.29, 1.82) is 0 Å². The number of nitrogens with zero attached hydrogens (tertiary/aromatic N) is 1. The van der Waals surface area contributed by atoms with Gasteiger partial charge in [0.15, 0.2) is 0 Å². The normalized spacial score (nSPS) is 11.1. The average Bonchev–Trinajstić information content (AvgIpc) is 2.87. The maximum atomic E-state index is 12.3. The van der Waals surface area contributed by atoms with Crippen molar-refractivity contribution < 1.29 is 17.5 Å². The fourth-order valence-corrected chi connectivity index (χ4v) is 3.78. The van der Waals surface area contributed by atoms with Crippen molar-refractivity contribution in [3.8, 4) is 11.5 Å². The van der Waals surface area contributed by atoms with E-state index in [1.165, 1.54) is 18.2 Å². The third-order valence-electron chi connectivity index (χ3n) is 5.28. The number of ether oxygens (including phenoxy) is 1. The van der Waals surface area contributed by atoms with E-state index in [1.807, 2.05) is 60.7 Å². The number of phenols is 1. The summed E-state index contributed by atoms with van der Waals surface area (Å²) in [4.78, 5) is 12.3. The third-order valence-corrected chi connectivity index (χ3v) is 5.83. The zero-order valence-corrected chi connectivity index (χ0v) is 20.2. The Morgan fingerprint density at radius 1 is 1.00 bits per heavy atom. The Balaban J connectivity index is 0.00000241. The zero-order valence-electron chi connectivity index (χ0n) is 18.7. The third kappa shape index (κ3) is 6.51. The Bertz CT molecular complexity index is 1370. The van der Waals surface area contributed by atoms with Crippen molar-refractivity contribution in [2.45, 2.75) is 6.54 Å². The van der Waals surface area contributed by atoms with Gasteiger partial charge in [-0.05, 0) is 53.4 Å². The predicted octanol–water partition coefficient (Wildman–Crippen LogP) is 6.28. The molecule has 0 unspecified atom stereocenters. The van der Waals surface area contributed by atoms with Crippen LogP contribution in [0.4, 0.5) is 0 Å². The summed E-state index contributed by atoms with van der Waals surface area (Å²) in [5.41, 5.74) is 4.76. The highest BCUT2D eigenvalue weighted by atomic mass is 35.5. The molecule has 0 heterocycles. The zero-order chi connectivity index (χ0) is 24.6. The second-order valence-corrected chi connectivity index (χ2v) is 8.56. The first-order valence-corrected chi connectivity index (χ1v) is 11.7. The number of fused-ring (bicyclic) bond motifs is 1. The summed E-state index contributed by atoms with van der Waals surface area (Å²) in [6.45, 7) is 1.93. The number of carbonyl (C=O) groups excluding carboxylic acids is 1. The van der Waals surface area contributed by atoms with E-state index in [0.717, 1.165) is 39.2 Å². The lowest BCUT2D eigenvalue weighted by atomic mass is 10.0. The van der Waals surface area contributed by atoms with Gasteiger partial charge < -0.3 is 15.2 Å². The predicted molar refractivity (Wildman–Crippen MR) is 145 cm³/mol. The van der Waals surface area contributed by atoms with E-state index in [0.29, 0.717) is 18.7 Å². The number of benzene rings is 4. The molecule has 8 heteroatoms. The van der Waals surface area contributed by atoms with Crippen LogP contribution in [0.3, 0.4) is 0 Å². The van der Waals surface area contributed by atoms with E-state index in [9.17, 15) is 9.90 Å². The summed E-state index contributed by atoms with van der Waals surface area (Å²) in [7, 11) is 0. The van der Waals surface area contributed by atoms with Crippen molar-refractivity contribution in [2.24, 2.45) is 5.10 Å². The molecular formula is C27H27Cl2N3O3. The number of carbonyl (C=O) groups is 1. The van der Waals surface area contributed by atoms with Crippen LogP contribution < -0.4 is 15.5 Å². The Labute approximate surface area is 216 Å². The highest BCUT2D eigenvalue weighted by molar-refractivity contribution is 6.32. The van der Waals surface area contributed by atoms with Gasteiger partial charge in [-0.25, -0.2) is 5.43 Å². The molecule has 0 fully saturated rings. The molecule has 0 radical (unpaired) electrons. The molecule has 4 rings (SSSR count). The molecule has 4 aromatic rings. The number of amides is 1. The van der Waals surface area contributed by atoms with Gasteiger partial charge in [0, 0.05) is 37.5 Å². The van der Waals surface area contributed by atoms with Gasteiger partial charge in [0.1, 0.15) is 18.1 Å². The summed E-state index contributed by atoms with van der Waals surface area (Å²) in [6.07, 6.45) is 1.58. The number of aromatic hydroxyl groups is 1. The van der Waals surface area contributed by atoms with Crippen LogP contribution in [0.1, 0.15) is 24.3 Å². The van der Waals surface area contributed by atoms with Crippen LogP contribution in [0.5, 0.6) is 11.5 Å². The van der Waals surface area contributed by atoms with Crippen LogP contribution in [-0.2, 0) is 6.54 Å². The number of hydrogen-bond donors (Lipinski definition) is 3. The van der Waals surface area contributed by atoms with Crippen molar-refractivity contribution in [3.05, 3.63) is 106 Å². The van der Waals surface area contributed by atoms with Gasteiger partial charge >= 0.3 is 0 Å². The Hall–Kier alpha value is -3.58. The summed E-state index contributed by atoms with van der Waals surface area (Å²) in [5.74, 6) is 0.255. The summed E-state index contributed by atoms with van der Waals surface area (Å²) < 4.78 is 6.02. The summed E-state index contributed by atoms with van der Waals surface area (Å²) in [6, 6.07) is 23.6. The van der Waals surface area contributed by atoms with Crippen molar-refractivity contribution >= 4 is 46.1 Å². The lowest BCUT2D eigenvalue weighted by Crippen LogP contribution is -2.20. The molecule has 0 saturated heterocycles. The Morgan fingerprint density at radius 2 is 1.77 bits per heavy atom. The smallest absolute Gasteiger partial charge is 0.271 e. The standard InChI is InChI=1S/C27H23Cl2N3O3.2H2/c28-21-9-5-18(6-10-21)16-30-13-14-35-26-12-8-20(22-3-1-2-4-23(22)26)17-31-32-27(34)19-7-11-25(33)24(29)15-19;;/h1-12,15,17,30,33H,13-14,16H2,(H,32,34);2*1H/b31-17+;;. The molecule has 0 aromatic heterocycles. The average molecular weight is 512 g/mol. The van der Waals surface area contributed by atoms with E-state index >= 15 is 0 Å². The lowest BCUT2D eigenvalue weighted by molar-refractivity contribution is 0.0955. The van der Waals surface area contributed by atoms with Gasteiger partial charge in [-0.15, -0.1) is 0 Å². The molecule has 0 saturated carbocycles. The summed E-state index contributed by atoms with van der Waals surface area (Å²) >= 11 is 11.8. The van der Waals surface area contributed by atoms with Crippen LogP contribution in [0.15, 0.2) is 84.0 Å². The number of nitrogens with one attached hydrogen (secondary N) is 2. The maximum Gasteiger partial charge on any atom is 0.271 e. The molecule has 3 N–H and O–H groups in total. The first kappa shape index (κ1) is 24.5. The molecule has 0 aliphatic heterocycles. The molecule has 4 aromatic carbocycles. The summed E-state index contributed by atoms with van der Waals surface area (Å²) in [5, 5.41) is 19.7. The molecule has 0 aliphatic carbocycles. The highest BCUT2D eigenvalue weighted by Crippen LogP contribution is 2.28. The maximum absolute atomic E-state index is 12.3. The minimum Gasteiger partial charge on any atom is -0.506 e. The molecule has 182 valence electrons. The van der Waals surface area contributed by atoms with Crippen LogP contribution in [0.25, 0.3) is 10.8 Å². The first-order valence-electron chi connectivity index (χ1n) is 10.9. The van der Waals surface area contributed by atoms with Crippen molar-refractivity contribution in [1.82, 2.24) is 10.7 Å². The highest BCUT2D eigenvalue weighted by Gasteiger charge is 2.08. The minimum absolute atomic E-state index is 0. The second kappa shape index (κ2) is 11.7. The number of hydrogen-bond acceptors (Lipinski definition) is 5. The van der Waals surface area contributed by atoms with E-state index < -0.39 is 5.91 Å².